The van der Waals surface area contributed by atoms with Crippen molar-refractivity contribution in [2.45, 2.75) is 88.5 Å². The molecule has 44 heavy (non-hydrogen) atoms. The van der Waals surface area contributed by atoms with E-state index in [0.717, 1.165) is 16.5 Å². The normalized spacial score (nSPS) is 17.9. The van der Waals surface area contributed by atoms with Crippen LogP contribution >= 0.6 is 11.6 Å². The van der Waals surface area contributed by atoms with Gasteiger partial charge in [-0.15, -0.1) is 0 Å². The number of aromatic nitrogens is 1. The summed E-state index contributed by atoms with van der Waals surface area (Å²) in [6, 6.07) is 6.68. The maximum Gasteiger partial charge on any atom is 0.407 e. The standard InChI is InChI=1S/C31H40ClFN4O5SSi/c1-18(2)44(19(3)4,20(5)6)37-17-25(32)24-8-7-23(15-28(24)37)43(41,42)34-27-10-12-36(30(27)38)29-14-21-9-11-35(31(39)40)16-22(21)13-26(29)33/h7-8,13-15,17-20,27,34H,9-12,16H2,1-6H3,(H,39,40)/t27-/m0/s1. The molecule has 1 aromatic heterocycles. The minimum Gasteiger partial charge on any atom is -0.465 e. The van der Waals surface area contributed by atoms with Crippen molar-refractivity contribution in [1.29, 1.82) is 0 Å². The Morgan fingerprint density at radius 1 is 1.05 bits per heavy atom. The van der Waals surface area contributed by atoms with Crippen LogP contribution in [-0.2, 0) is 27.8 Å². The second-order valence-corrected chi connectivity index (χ2v) is 20.7. The summed E-state index contributed by atoms with van der Waals surface area (Å²) in [5.41, 5.74) is 3.24. The molecular formula is C31H40ClFN4O5SSi. The summed E-state index contributed by atoms with van der Waals surface area (Å²) >= 11 is 6.70. The van der Waals surface area contributed by atoms with Crippen LogP contribution in [-0.4, -0.2) is 62.0 Å². The number of rotatable bonds is 8. The molecule has 1 atom stereocenters. The number of fused-ring (bicyclic) bond motifs is 2. The molecule has 1 saturated heterocycles. The third-order valence-corrected chi connectivity index (χ3v) is 18.1. The molecule has 2 aromatic carbocycles. The quantitative estimate of drug-likeness (QED) is 0.265. The lowest BCUT2D eigenvalue weighted by molar-refractivity contribution is -0.118. The van der Waals surface area contributed by atoms with Crippen LogP contribution in [0.25, 0.3) is 10.9 Å². The molecule has 5 rings (SSSR count). The predicted molar refractivity (Wildman–Crippen MR) is 173 cm³/mol. The number of amides is 2. The molecule has 0 saturated carbocycles. The number of carbonyl (C=O) groups excluding carboxylic acids is 1. The summed E-state index contributed by atoms with van der Waals surface area (Å²) in [6.07, 6.45) is 1.46. The summed E-state index contributed by atoms with van der Waals surface area (Å²) in [7, 11) is -6.38. The first-order valence-electron chi connectivity index (χ1n) is 15.0. The van der Waals surface area contributed by atoms with Crippen molar-refractivity contribution in [2.75, 3.05) is 18.0 Å². The second-order valence-electron chi connectivity index (χ2n) is 12.9. The highest BCUT2D eigenvalue weighted by Gasteiger charge is 2.46. The van der Waals surface area contributed by atoms with Crippen LogP contribution in [0.15, 0.2) is 41.4 Å². The lowest BCUT2D eigenvalue weighted by Crippen LogP contribution is -2.51. The average molecular weight is 663 g/mol. The number of sulfonamides is 1. The summed E-state index contributed by atoms with van der Waals surface area (Å²) in [4.78, 5) is 27.3. The molecule has 0 unspecified atom stereocenters. The van der Waals surface area contributed by atoms with Crippen molar-refractivity contribution in [3.05, 3.63) is 58.5 Å². The van der Waals surface area contributed by atoms with Gasteiger partial charge in [-0.1, -0.05) is 59.2 Å². The van der Waals surface area contributed by atoms with Gasteiger partial charge >= 0.3 is 6.09 Å². The van der Waals surface area contributed by atoms with Gasteiger partial charge < -0.3 is 19.1 Å². The zero-order valence-electron chi connectivity index (χ0n) is 25.9. The van der Waals surface area contributed by atoms with Crippen LogP contribution < -0.4 is 9.62 Å². The highest BCUT2D eigenvalue weighted by molar-refractivity contribution is 7.89. The molecule has 0 bridgehead atoms. The monoisotopic (exact) mass is 662 g/mol. The van der Waals surface area contributed by atoms with Crippen molar-refractivity contribution < 1.29 is 27.5 Å². The molecular weight excluding hydrogens is 623 g/mol. The molecule has 13 heteroatoms. The fourth-order valence-corrected chi connectivity index (χ4v) is 15.9. The number of anilines is 1. The molecule has 0 spiro atoms. The summed E-state index contributed by atoms with van der Waals surface area (Å²) < 4.78 is 47.4. The van der Waals surface area contributed by atoms with Crippen molar-refractivity contribution in [1.82, 2.24) is 13.9 Å². The highest BCUT2D eigenvalue weighted by atomic mass is 35.5. The van der Waals surface area contributed by atoms with Gasteiger partial charge in [0.2, 0.25) is 15.9 Å². The van der Waals surface area contributed by atoms with E-state index in [9.17, 15) is 23.1 Å². The van der Waals surface area contributed by atoms with E-state index in [2.05, 4.69) is 50.5 Å². The van der Waals surface area contributed by atoms with E-state index >= 15 is 4.39 Å². The first-order chi connectivity index (χ1) is 20.6. The summed E-state index contributed by atoms with van der Waals surface area (Å²) in [6.45, 7) is 13.8. The molecule has 2 aliphatic rings. The molecule has 238 valence electrons. The van der Waals surface area contributed by atoms with Gasteiger partial charge in [-0.3, -0.25) is 4.79 Å². The zero-order chi connectivity index (χ0) is 32.3. The number of benzene rings is 2. The van der Waals surface area contributed by atoms with E-state index in [1.807, 2.05) is 6.20 Å². The van der Waals surface area contributed by atoms with Gasteiger partial charge in [0, 0.05) is 36.7 Å². The number of hydrogen-bond acceptors (Lipinski definition) is 4. The van der Waals surface area contributed by atoms with Crippen LogP contribution in [0.3, 0.4) is 0 Å². The Morgan fingerprint density at radius 2 is 1.70 bits per heavy atom. The lowest BCUT2D eigenvalue weighted by atomic mass is 9.98. The highest BCUT2D eigenvalue weighted by Crippen LogP contribution is 2.45. The van der Waals surface area contributed by atoms with E-state index in [-0.39, 0.29) is 36.6 Å². The van der Waals surface area contributed by atoms with Crippen LogP contribution in [0.1, 0.15) is 59.1 Å². The molecule has 9 nitrogen and oxygen atoms in total. The Labute approximate surface area is 264 Å². The third-order valence-electron chi connectivity index (χ3n) is 9.58. The third kappa shape index (κ3) is 5.33. The summed E-state index contributed by atoms with van der Waals surface area (Å²) in [5.74, 6) is -1.18. The van der Waals surface area contributed by atoms with Crippen LogP contribution in [0.5, 0.6) is 0 Å². The molecule has 0 radical (unpaired) electrons. The van der Waals surface area contributed by atoms with Crippen LogP contribution in [0.2, 0.25) is 21.6 Å². The number of nitrogens with zero attached hydrogens (tertiary/aromatic N) is 3. The van der Waals surface area contributed by atoms with Crippen molar-refractivity contribution >= 4 is 58.5 Å². The topological polar surface area (TPSA) is 112 Å². The number of carboxylic acid groups (broad SMARTS) is 1. The maximum atomic E-state index is 15.2. The molecule has 3 heterocycles. The molecule has 3 aromatic rings. The van der Waals surface area contributed by atoms with Gasteiger partial charge in [0.1, 0.15) is 11.9 Å². The smallest absolute Gasteiger partial charge is 0.407 e. The number of carbonyl (C=O) groups is 2. The molecule has 1 fully saturated rings. The van der Waals surface area contributed by atoms with Gasteiger partial charge in [-0.25, -0.2) is 17.6 Å². The Hall–Kier alpha value is -2.93. The Kier molecular flexibility index (Phi) is 8.69. The van der Waals surface area contributed by atoms with Gasteiger partial charge in [-0.2, -0.15) is 4.72 Å². The Bertz CT molecular complexity index is 1720. The number of halogens is 2. The molecule has 0 aliphatic carbocycles. The lowest BCUT2D eigenvalue weighted by Gasteiger charge is -2.44. The van der Waals surface area contributed by atoms with Crippen LogP contribution in [0.4, 0.5) is 14.9 Å². The van der Waals surface area contributed by atoms with E-state index in [1.54, 1.807) is 18.2 Å². The van der Waals surface area contributed by atoms with E-state index in [1.165, 1.54) is 21.9 Å². The minimum atomic E-state index is -4.12. The Balaban J connectivity index is 1.43. The van der Waals surface area contributed by atoms with Crippen molar-refractivity contribution in [2.24, 2.45) is 0 Å². The minimum absolute atomic E-state index is 0.0365. The first-order valence-corrected chi connectivity index (χ1v) is 19.1. The largest absolute Gasteiger partial charge is 0.465 e. The van der Waals surface area contributed by atoms with Crippen molar-refractivity contribution in [3.8, 4) is 0 Å². The van der Waals surface area contributed by atoms with Gasteiger partial charge in [0.25, 0.3) is 0 Å². The second kappa shape index (κ2) is 11.8. The van der Waals surface area contributed by atoms with Gasteiger partial charge in [0.05, 0.1) is 15.6 Å². The fraction of sp³-hybridized carbons (Fsp3) is 0.484. The number of hydrogen-bond donors (Lipinski definition) is 2. The van der Waals surface area contributed by atoms with E-state index < -0.39 is 42.1 Å². The van der Waals surface area contributed by atoms with E-state index in [4.69, 9.17) is 11.6 Å². The molecule has 2 aliphatic heterocycles. The fourth-order valence-electron chi connectivity index (χ4n) is 7.71. The van der Waals surface area contributed by atoms with Crippen molar-refractivity contribution in [3.63, 3.8) is 0 Å². The first kappa shape index (κ1) is 32.5. The summed E-state index contributed by atoms with van der Waals surface area (Å²) in [5, 5.41) is 10.6. The van der Waals surface area contributed by atoms with Gasteiger partial charge in [-0.05, 0) is 64.9 Å². The van der Waals surface area contributed by atoms with E-state index in [0.29, 0.717) is 33.6 Å². The zero-order valence-corrected chi connectivity index (χ0v) is 28.5. The molecule has 2 N–H and O–H groups in total. The average Bonchev–Trinajstić information content (AvgIpc) is 3.46. The predicted octanol–water partition coefficient (Wildman–Crippen LogP) is 6.58. The Morgan fingerprint density at radius 3 is 2.32 bits per heavy atom. The van der Waals surface area contributed by atoms with Gasteiger partial charge in [0.15, 0.2) is 8.24 Å². The molecule has 2 amide bonds. The maximum absolute atomic E-state index is 15.2. The van der Waals surface area contributed by atoms with Crippen LogP contribution in [0, 0.1) is 5.82 Å². The SMILES string of the molecule is CC(C)[Si](C(C)C)(C(C)C)n1cc(Cl)c2ccc(S(=O)(=O)N[C@H]3CCN(c4cc5c(cc4F)CN(C(=O)O)CC5)C3=O)cc21. The number of nitrogens with one attached hydrogen (secondary N) is 1.